The van der Waals surface area contributed by atoms with Crippen molar-refractivity contribution in [3.8, 4) is 5.75 Å². The molecule has 0 unspecified atom stereocenters. The van der Waals surface area contributed by atoms with Gasteiger partial charge in [-0.25, -0.2) is 0 Å². The summed E-state index contributed by atoms with van der Waals surface area (Å²) < 4.78 is 5.11. The van der Waals surface area contributed by atoms with Gasteiger partial charge in [0, 0.05) is 10.6 Å². The van der Waals surface area contributed by atoms with E-state index in [1.165, 1.54) is 0 Å². The highest BCUT2D eigenvalue weighted by Gasteiger charge is 2.11. The van der Waals surface area contributed by atoms with Gasteiger partial charge in [-0.1, -0.05) is 29.8 Å². The molecule has 104 valence electrons. The van der Waals surface area contributed by atoms with Crippen molar-refractivity contribution in [2.75, 3.05) is 7.11 Å². The molecule has 0 aliphatic carbocycles. The third kappa shape index (κ3) is 3.52. The lowest BCUT2D eigenvalue weighted by Gasteiger charge is -2.15. The predicted octanol–water partition coefficient (Wildman–Crippen LogP) is 3.84. The summed E-state index contributed by atoms with van der Waals surface area (Å²) in [5, 5.41) is 3.49. The van der Waals surface area contributed by atoms with Crippen LogP contribution in [-0.4, -0.2) is 13.0 Å². The number of methoxy groups -OCH3 is 1. The first-order valence-corrected chi connectivity index (χ1v) is 6.68. The van der Waals surface area contributed by atoms with E-state index in [1.807, 2.05) is 31.2 Å². The Morgan fingerprint density at radius 2 is 1.90 bits per heavy atom. The van der Waals surface area contributed by atoms with Gasteiger partial charge in [-0.15, -0.1) is 0 Å². The van der Waals surface area contributed by atoms with Crippen molar-refractivity contribution >= 4 is 17.5 Å². The molecule has 4 heteroatoms. The van der Waals surface area contributed by atoms with E-state index in [1.54, 1.807) is 31.4 Å². The van der Waals surface area contributed by atoms with Crippen molar-refractivity contribution in [2.45, 2.75) is 13.0 Å². The lowest BCUT2D eigenvalue weighted by molar-refractivity contribution is 0.0940. The first-order valence-electron chi connectivity index (χ1n) is 6.30. The largest absolute Gasteiger partial charge is 0.497 e. The molecule has 1 N–H and O–H groups in total. The maximum absolute atomic E-state index is 12.1. The predicted molar refractivity (Wildman–Crippen MR) is 80.3 cm³/mol. The number of nitrogens with one attached hydrogen (secondary N) is 1. The van der Waals surface area contributed by atoms with Crippen LogP contribution in [0.1, 0.15) is 28.9 Å². The number of hydrogen-bond acceptors (Lipinski definition) is 2. The Bertz CT molecular complexity index is 596. The van der Waals surface area contributed by atoms with E-state index in [0.717, 1.165) is 11.3 Å². The first kappa shape index (κ1) is 14.4. The number of ether oxygens (including phenoxy) is 1. The van der Waals surface area contributed by atoms with Crippen molar-refractivity contribution in [3.63, 3.8) is 0 Å². The maximum atomic E-state index is 12.1. The number of carbonyl (C=O) groups is 1. The van der Waals surface area contributed by atoms with Gasteiger partial charge in [0.1, 0.15) is 5.75 Å². The zero-order chi connectivity index (χ0) is 14.5. The molecule has 0 aliphatic rings. The molecule has 1 atom stereocenters. The SMILES string of the molecule is COc1ccc([C@H](C)NC(=O)c2cccc(Cl)c2)cc1. The number of benzene rings is 2. The van der Waals surface area contributed by atoms with Crippen LogP contribution < -0.4 is 10.1 Å². The quantitative estimate of drug-likeness (QED) is 0.929. The van der Waals surface area contributed by atoms with E-state index in [9.17, 15) is 4.79 Å². The Morgan fingerprint density at radius 1 is 1.20 bits per heavy atom. The molecule has 0 radical (unpaired) electrons. The molecule has 0 saturated carbocycles. The molecular weight excluding hydrogens is 274 g/mol. The minimum atomic E-state index is -0.143. The second kappa shape index (κ2) is 6.44. The van der Waals surface area contributed by atoms with Crippen LogP contribution >= 0.6 is 11.6 Å². The molecule has 20 heavy (non-hydrogen) atoms. The summed E-state index contributed by atoms with van der Waals surface area (Å²) in [6, 6.07) is 14.4. The highest BCUT2D eigenvalue weighted by atomic mass is 35.5. The standard InChI is InChI=1S/C16H16ClNO2/c1-11(12-6-8-15(20-2)9-7-12)18-16(19)13-4-3-5-14(17)10-13/h3-11H,1-2H3,(H,18,19)/t11-/m0/s1. The molecule has 0 fully saturated rings. The summed E-state index contributed by atoms with van der Waals surface area (Å²) in [5.41, 5.74) is 1.57. The Hall–Kier alpha value is -2.00. The Labute approximate surface area is 123 Å². The van der Waals surface area contributed by atoms with Crippen LogP contribution in [0.4, 0.5) is 0 Å². The molecule has 2 aromatic carbocycles. The number of halogens is 1. The van der Waals surface area contributed by atoms with Crippen LogP contribution in [0, 0.1) is 0 Å². The van der Waals surface area contributed by atoms with Crippen LogP contribution in [0.15, 0.2) is 48.5 Å². The van der Waals surface area contributed by atoms with Crippen molar-refractivity contribution in [3.05, 3.63) is 64.7 Å². The summed E-state index contributed by atoms with van der Waals surface area (Å²) in [5.74, 6) is 0.651. The molecule has 3 nitrogen and oxygen atoms in total. The third-order valence-electron chi connectivity index (χ3n) is 3.05. The molecule has 0 bridgehead atoms. The van der Waals surface area contributed by atoms with Gasteiger partial charge >= 0.3 is 0 Å². The molecule has 0 heterocycles. The van der Waals surface area contributed by atoms with Crippen LogP contribution in [0.2, 0.25) is 5.02 Å². The Kier molecular flexibility index (Phi) is 4.64. The van der Waals surface area contributed by atoms with Crippen molar-refractivity contribution in [1.82, 2.24) is 5.32 Å². The van der Waals surface area contributed by atoms with E-state index in [0.29, 0.717) is 10.6 Å². The van der Waals surface area contributed by atoms with Crippen LogP contribution in [0.5, 0.6) is 5.75 Å². The zero-order valence-corrected chi connectivity index (χ0v) is 12.1. The van der Waals surface area contributed by atoms with E-state index in [2.05, 4.69) is 5.32 Å². The normalized spacial score (nSPS) is 11.8. The van der Waals surface area contributed by atoms with E-state index < -0.39 is 0 Å². The molecule has 1 amide bonds. The van der Waals surface area contributed by atoms with E-state index in [4.69, 9.17) is 16.3 Å². The molecule has 0 aromatic heterocycles. The number of hydrogen-bond donors (Lipinski definition) is 1. The average Bonchev–Trinajstić information content (AvgIpc) is 2.47. The smallest absolute Gasteiger partial charge is 0.251 e. The first-order chi connectivity index (χ1) is 9.60. The number of amides is 1. The van der Waals surface area contributed by atoms with Gasteiger partial charge in [-0.05, 0) is 42.8 Å². The van der Waals surface area contributed by atoms with E-state index in [-0.39, 0.29) is 11.9 Å². The lowest BCUT2D eigenvalue weighted by Crippen LogP contribution is -2.26. The summed E-state index contributed by atoms with van der Waals surface area (Å²) in [4.78, 5) is 12.1. The van der Waals surface area contributed by atoms with Crippen molar-refractivity contribution in [1.29, 1.82) is 0 Å². The highest BCUT2D eigenvalue weighted by Crippen LogP contribution is 2.18. The fraction of sp³-hybridized carbons (Fsp3) is 0.188. The van der Waals surface area contributed by atoms with Crippen molar-refractivity contribution < 1.29 is 9.53 Å². The molecular formula is C16H16ClNO2. The molecule has 0 aliphatic heterocycles. The van der Waals surface area contributed by atoms with Crippen LogP contribution in [0.25, 0.3) is 0 Å². The van der Waals surface area contributed by atoms with Gasteiger partial charge in [-0.3, -0.25) is 4.79 Å². The second-order valence-corrected chi connectivity index (χ2v) is 4.92. The molecule has 0 saturated heterocycles. The maximum Gasteiger partial charge on any atom is 0.251 e. The summed E-state index contributed by atoms with van der Waals surface area (Å²) in [7, 11) is 1.62. The summed E-state index contributed by atoms with van der Waals surface area (Å²) in [6.45, 7) is 1.93. The Balaban J connectivity index is 2.06. The molecule has 0 spiro atoms. The second-order valence-electron chi connectivity index (χ2n) is 4.48. The third-order valence-corrected chi connectivity index (χ3v) is 3.29. The van der Waals surface area contributed by atoms with Crippen LogP contribution in [0.3, 0.4) is 0 Å². The van der Waals surface area contributed by atoms with Gasteiger partial charge in [0.05, 0.1) is 13.2 Å². The van der Waals surface area contributed by atoms with Gasteiger partial charge in [0.15, 0.2) is 0 Å². The monoisotopic (exact) mass is 289 g/mol. The summed E-state index contributed by atoms with van der Waals surface area (Å²) in [6.07, 6.45) is 0. The van der Waals surface area contributed by atoms with Crippen LogP contribution in [-0.2, 0) is 0 Å². The fourth-order valence-corrected chi connectivity index (χ4v) is 2.08. The molecule has 2 aromatic rings. The van der Waals surface area contributed by atoms with Gasteiger partial charge in [0.25, 0.3) is 5.91 Å². The average molecular weight is 290 g/mol. The van der Waals surface area contributed by atoms with E-state index >= 15 is 0 Å². The lowest BCUT2D eigenvalue weighted by atomic mass is 10.1. The highest BCUT2D eigenvalue weighted by molar-refractivity contribution is 6.30. The van der Waals surface area contributed by atoms with Gasteiger partial charge in [0.2, 0.25) is 0 Å². The van der Waals surface area contributed by atoms with Gasteiger partial charge < -0.3 is 10.1 Å². The Morgan fingerprint density at radius 3 is 2.50 bits per heavy atom. The van der Waals surface area contributed by atoms with Gasteiger partial charge in [-0.2, -0.15) is 0 Å². The number of rotatable bonds is 4. The summed E-state index contributed by atoms with van der Waals surface area (Å²) >= 11 is 5.88. The molecule has 2 rings (SSSR count). The van der Waals surface area contributed by atoms with Crippen molar-refractivity contribution in [2.24, 2.45) is 0 Å². The number of carbonyl (C=O) groups excluding carboxylic acids is 1. The topological polar surface area (TPSA) is 38.3 Å². The minimum absolute atomic E-state index is 0.0904. The fourth-order valence-electron chi connectivity index (χ4n) is 1.89. The minimum Gasteiger partial charge on any atom is -0.497 e. The zero-order valence-electron chi connectivity index (χ0n) is 11.4.